The molecule has 1 N–H and O–H groups in total. The van der Waals surface area contributed by atoms with E-state index in [1.54, 1.807) is 11.8 Å². The molecule has 2 rings (SSSR count). The quantitative estimate of drug-likeness (QED) is 0.853. The summed E-state index contributed by atoms with van der Waals surface area (Å²) in [5.41, 5.74) is 1.04. The Morgan fingerprint density at radius 3 is 3.20 bits per heavy atom. The van der Waals surface area contributed by atoms with E-state index < -0.39 is 0 Å². The monoisotopic (exact) mass is 222 g/mol. The second kappa shape index (κ2) is 5.07. The van der Waals surface area contributed by atoms with Gasteiger partial charge in [0.05, 0.1) is 13.2 Å². The molecule has 0 fully saturated rings. The van der Waals surface area contributed by atoms with Gasteiger partial charge in [-0.1, -0.05) is 17.8 Å². The van der Waals surface area contributed by atoms with Crippen LogP contribution in [0.3, 0.4) is 0 Å². The van der Waals surface area contributed by atoms with Crippen LogP contribution in [0.5, 0.6) is 5.75 Å². The van der Waals surface area contributed by atoms with E-state index in [2.05, 4.69) is 10.3 Å². The molecule has 0 amide bonds. The zero-order valence-corrected chi connectivity index (χ0v) is 9.51. The predicted octanol–water partition coefficient (Wildman–Crippen LogP) is 2.60. The van der Waals surface area contributed by atoms with Crippen molar-refractivity contribution in [1.82, 2.24) is 0 Å². The molecule has 3 nitrogen and oxygen atoms in total. The van der Waals surface area contributed by atoms with Crippen LogP contribution >= 0.6 is 11.8 Å². The van der Waals surface area contributed by atoms with Crippen molar-refractivity contribution < 1.29 is 4.74 Å². The lowest BCUT2D eigenvalue weighted by Crippen LogP contribution is -2.04. The highest BCUT2D eigenvalue weighted by molar-refractivity contribution is 8.14. The molecule has 80 valence electrons. The normalized spacial score (nSPS) is 14.9. The van der Waals surface area contributed by atoms with E-state index in [9.17, 15) is 0 Å². The van der Waals surface area contributed by atoms with Gasteiger partial charge in [-0.05, 0) is 19.1 Å². The van der Waals surface area contributed by atoms with Crippen LogP contribution in [0.25, 0.3) is 0 Å². The summed E-state index contributed by atoms with van der Waals surface area (Å²) < 4.78 is 5.42. The van der Waals surface area contributed by atoms with Crippen LogP contribution in [0.1, 0.15) is 6.92 Å². The third-order valence-electron chi connectivity index (χ3n) is 1.98. The van der Waals surface area contributed by atoms with Crippen molar-refractivity contribution in [2.75, 3.05) is 24.2 Å². The molecule has 1 aromatic rings. The Morgan fingerprint density at radius 1 is 1.53 bits per heavy atom. The van der Waals surface area contributed by atoms with Crippen molar-refractivity contribution >= 4 is 22.6 Å². The Hall–Kier alpha value is -1.16. The van der Waals surface area contributed by atoms with Crippen molar-refractivity contribution in [3.05, 3.63) is 24.3 Å². The number of thioether (sulfide) groups is 1. The Bertz CT molecular complexity index is 365. The van der Waals surface area contributed by atoms with Crippen LogP contribution in [-0.2, 0) is 0 Å². The van der Waals surface area contributed by atoms with Gasteiger partial charge in [-0.2, -0.15) is 0 Å². The molecule has 0 atom stereocenters. The molecule has 0 aromatic heterocycles. The molecule has 0 aliphatic carbocycles. The molecule has 0 saturated carbocycles. The number of nitrogens with zero attached hydrogens (tertiary/aromatic N) is 1. The molecular weight excluding hydrogens is 208 g/mol. The zero-order chi connectivity index (χ0) is 10.5. The van der Waals surface area contributed by atoms with Gasteiger partial charge in [0.2, 0.25) is 0 Å². The van der Waals surface area contributed by atoms with E-state index in [0.29, 0.717) is 6.61 Å². The summed E-state index contributed by atoms with van der Waals surface area (Å²) in [4.78, 5) is 4.33. The molecule has 4 heteroatoms. The topological polar surface area (TPSA) is 33.6 Å². The molecule has 0 bridgehead atoms. The number of rotatable bonds is 3. The van der Waals surface area contributed by atoms with Crippen LogP contribution < -0.4 is 10.1 Å². The summed E-state index contributed by atoms with van der Waals surface area (Å²) in [6, 6.07) is 7.95. The van der Waals surface area contributed by atoms with Crippen LogP contribution in [0.15, 0.2) is 29.3 Å². The number of ether oxygens (including phenoxy) is 1. The van der Waals surface area contributed by atoms with Gasteiger partial charge >= 0.3 is 0 Å². The fourth-order valence-electron chi connectivity index (χ4n) is 1.36. The summed E-state index contributed by atoms with van der Waals surface area (Å²) in [5.74, 6) is 1.97. The molecule has 1 aromatic carbocycles. The van der Waals surface area contributed by atoms with Gasteiger partial charge in [0.15, 0.2) is 5.17 Å². The SMILES string of the molecule is CCOc1cccc(NC2=NCCS2)c1. The molecule has 0 radical (unpaired) electrons. The van der Waals surface area contributed by atoms with Crippen molar-refractivity contribution in [3.8, 4) is 5.75 Å². The first-order chi connectivity index (χ1) is 7.38. The number of benzene rings is 1. The summed E-state index contributed by atoms with van der Waals surface area (Å²) in [6.45, 7) is 3.59. The highest BCUT2D eigenvalue weighted by Gasteiger charge is 2.06. The Balaban J connectivity index is 2.04. The lowest BCUT2D eigenvalue weighted by Gasteiger charge is -2.07. The lowest BCUT2D eigenvalue weighted by molar-refractivity contribution is 0.340. The van der Waals surface area contributed by atoms with Crippen LogP contribution in [-0.4, -0.2) is 24.1 Å². The average Bonchev–Trinajstić information content (AvgIpc) is 2.71. The summed E-state index contributed by atoms with van der Waals surface area (Å²) in [7, 11) is 0. The predicted molar refractivity (Wildman–Crippen MR) is 66.0 cm³/mol. The molecule has 1 aliphatic rings. The van der Waals surface area contributed by atoms with E-state index in [-0.39, 0.29) is 0 Å². The van der Waals surface area contributed by atoms with Crippen molar-refractivity contribution in [2.45, 2.75) is 6.92 Å². The largest absolute Gasteiger partial charge is 0.494 e. The maximum absolute atomic E-state index is 5.42. The highest BCUT2D eigenvalue weighted by Crippen LogP contribution is 2.20. The molecule has 1 aliphatic heterocycles. The fourth-order valence-corrected chi connectivity index (χ4v) is 2.11. The molecular formula is C11H14N2OS. The van der Waals surface area contributed by atoms with Gasteiger partial charge < -0.3 is 10.1 Å². The van der Waals surface area contributed by atoms with Gasteiger partial charge in [-0.25, -0.2) is 0 Å². The first-order valence-corrected chi connectivity index (χ1v) is 6.04. The fraction of sp³-hybridized carbons (Fsp3) is 0.364. The van der Waals surface area contributed by atoms with Gasteiger partial charge in [-0.15, -0.1) is 0 Å². The molecule has 0 saturated heterocycles. The van der Waals surface area contributed by atoms with Crippen molar-refractivity contribution in [2.24, 2.45) is 4.99 Å². The molecule has 15 heavy (non-hydrogen) atoms. The van der Waals surface area contributed by atoms with E-state index in [0.717, 1.165) is 28.9 Å². The van der Waals surface area contributed by atoms with E-state index in [4.69, 9.17) is 4.74 Å². The maximum Gasteiger partial charge on any atom is 0.161 e. The summed E-state index contributed by atoms with van der Waals surface area (Å²) in [6.07, 6.45) is 0. The van der Waals surface area contributed by atoms with Gasteiger partial charge in [0.25, 0.3) is 0 Å². The first kappa shape index (κ1) is 10.4. The van der Waals surface area contributed by atoms with Crippen LogP contribution in [0.4, 0.5) is 5.69 Å². The number of nitrogens with one attached hydrogen (secondary N) is 1. The van der Waals surface area contributed by atoms with Gasteiger partial charge in [0.1, 0.15) is 5.75 Å². The van der Waals surface area contributed by atoms with E-state index >= 15 is 0 Å². The number of hydrogen-bond acceptors (Lipinski definition) is 4. The molecule has 0 unspecified atom stereocenters. The molecule has 0 spiro atoms. The number of anilines is 1. The third kappa shape index (κ3) is 2.89. The zero-order valence-electron chi connectivity index (χ0n) is 8.69. The second-order valence-electron chi connectivity index (χ2n) is 3.12. The minimum Gasteiger partial charge on any atom is -0.494 e. The Morgan fingerprint density at radius 2 is 2.47 bits per heavy atom. The Kier molecular flexibility index (Phi) is 3.50. The average molecular weight is 222 g/mol. The number of aliphatic imine (C=N–C) groups is 1. The Labute approximate surface area is 93.9 Å². The van der Waals surface area contributed by atoms with Crippen molar-refractivity contribution in [3.63, 3.8) is 0 Å². The van der Waals surface area contributed by atoms with E-state index in [1.807, 2.05) is 31.2 Å². The minimum absolute atomic E-state index is 0.694. The van der Waals surface area contributed by atoms with E-state index in [1.165, 1.54) is 0 Å². The number of hydrogen-bond donors (Lipinski definition) is 1. The first-order valence-electron chi connectivity index (χ1n) is 5.05. The highest BCUT2D eigenvalue weighted by atomic mass is 32.2. The summed E-state index contributed by atoms with van der Waals surface area (Å²) >= 11 is 1.75. The van der Waals surface area contributed by atoms with Gasteiger partial charge in [0, 0.05) is 17.5 Å². The minimum atomic E-state index is 0.694. The standard InChI is InChI=1S/C11H14N2OS/c1-2-14-10-5-3-4-9(8-10)13-11-12-6-7-15-11/h3-5,8H,2,6-7H2,1H3,(H,12,13). The third-order valence-corrected chi connectivity index (χ3v) is 2.87. The van der Waals surface area contributed by atoms with Crippen molar-refractivity contribution in [1.29, 1.82) is 0 Å². The second-order valence-corrected chi connectivity index (χ2v) is 4.20. The lowest BCUT2D eigenvalue weighted by atomic mass is 10.3. The summed E-state index contributed by atoms with van der Waals surface area (Å²) in [5, 5.41) is 4.28. The maximum atomic E-state index is 5.42. The molecule has 1 heterocycles. The number of amidine groups is 1. The van der Waals surface area contributed by atoms with Gasteiger partial charge in [-0.3, -0.25) is 4.99 Å². The van der Waals surface area contributed by atoms with Crippen LogP contribution in [0, 0.1) is 0 Å². The van der Waals surface area contributed by atoms with Crippen LogP contribution in [0.2, 0.25) is 0 Å². The smallest absolute Gasteiger partial charge is 0.161 e.